The Morgan fingerprint density at radius 1 is 1.03 bits per heavy atom. The van der Waals surface area contributed by atoms with E-state index in [4.69, 9.17) is 16.3 Å². The van der Waals surface area contributed by atoms with Crippen molar-refractivity contribution in [2.75, 3.05) is 0 Å². The lowest BCUT2D eigenvalue weighted by molar-refractivity contribution is 0.306. The summed E-state index contributed by atoms with van der Waals surface area (Å²) in [6.07, 6.45) is 1.71. The lowest BCUT2D eigenvalue weighted by Gasteiger charge is -2.12. The number of aromatic nitrogens is 3. The minimum atomic E-state index is -0.207. The zero-order valence-electron chi connectivity index (χ0n) is 20.6. The van der Waals surface area contributed by atoms with Gasteiger partial charge in [0.15, 0.2) is 0 Å². The standard InChI is InChI=1S/C29H24BrClN4O2/c1-18-14-22(16-32-35-20(3)33-28-13-8-23(30)15-26(28)29(35)36)19(2)34(18)24-9-11-25(12-10-24)37-17-21-6-4-5-7-27(21)31/h4-16H,17H2,1-3H3. The first-order chi connectivity index (χ1) is 17.8. The van der Waals surface area contributed by atoms with Gasteiger partial charge in [0.05, 0.1) is 17.1 Å². The third-order valence-corrected chi connectivity index (χ3v) is 7.06. The van der Waals surface area contributed by atoms with Gasteiger partial charge in [-0.25, -0.2) is 4.98 Å². The molecule has 0 bridgehead atoms. The first-order valence-electron chi connectivity index (χ1n) is 11.7. The van der Waals surface area contributed by atoms with E-state index < -0.39 is 0 Å². The number of aryl methyl sites for hydroxylation is 2. The zero-order chi connectivity index (χ0) is 26.1. The highest BCUT2D eigenvalue weighted by Crippen LogP contribution is 2.24. The molecule has 37 heavy (non-hydrogen) atoms. The summed E-state index contributed by atoms with van der Waals surface area (Å²) in [7, 11) is 0. The predicted molar refractivity (Wildman–Crippen MR) is 152 cm³/mol. The lowest BCUT2D eigenvalue weighted by atomic mass is 10.2. The Morgan fingerprint density at radius 2 is 1.78 bits per heavy atom. The Morgan fingerprint density at radius 3 is 2.54 bits per heavy atom. The quantitative estimate of drug-likeness (QED) is 0.205. The normalized spacial score (nSPS) is 11.5. The number of benzene rings is 3. The average Bonchev–Trinajstić information content (AvgIpc) is 3.17. The van der Waals surface area contributed by atoms with Gasteiger partial charge in [-0.2, -0.15) is 9.78 Å². The Labute approximate surface area is 227 Å². The molecule has 3 aromatic carbocycles. The number of nitrogens with zero attached hydrogens (tertiary/aromatic N) is 4. The van der Waals surface area contributed by atoms with Gasteiger partial charge in [-0.3, -0.25) is 4.79 Å². The summed E-state index contributed by atoms with van der Waals surface area (Å²) in [4.78, 5) is 17.6. The molecule has 0 aliphatic rings. The van der Waals surface area contributed by atoms with Crippen molar-refractivity contribution < 1.29 is 4.74 Å². The molecular formula is C29H24BrClN4O2. The van der Waals surface area contributed by atoms with Crippen LogP contribution in [0.15, 0.2) is 87.2 Å². The summed E-state index contributed by atoms with van der Waals surface area (Å²) >= 11 is 9.65. The van der Waals surface area contributed by atoms with Crippen molar-refractivity contribution >= 4 is 44.6 Å². The maximum absolute atomic E-state index is 13.1. The Kier molecular flexibility index (Phi) is 7.00. The molecule has 0 saturated heterocycles. The highest BCUT2D eigenvalue weighted by atomic mass is 79.9. The number of hydrogen-bond donors (Lipinski definition) is 0. The van der Waals surface area contributed by atoms with Crippen molar-refractivity contribution in [1.29, 1.82) is 0 Å². The van der Waals surface area contributed by atoms with E-state index in [1.165, 1.54) is 4.68 Å². The number of ether oxygens (including phenoxy) is 1. The van der Waals surface area contributed by atoms with Crippen molar-refractivity contribution in [3.8, 4) is 11.4 Å². The van der Waals surface area contributed by atoms with Crippen LogP contribution in [0.25, 0.3) is 16.6 Å². The molecule has 0 radical (unpaired) electrons. The lowest BCUT2D eigenvalue weighted by Crippen LogP contribution is -2.20. The Balaban J connectivity index is 1.39. The molecule has 0 aliphatic heterocycles. The van der Waals surface area contributed by atoms with E-state index in [2.05, 4.69) is 30.6 Å². The minimum Gasteiger partial charge on any atom is -0.489 e. The van der Waals surface area contributed by atoms with E-state index in [0.29, 0.717) is 28.4 Å². The Bertz CT molecular complexity index is 1700. The van der Waals surface area contributed by atoms with E-state index in [9.17, 15) is 4.79 Å². The van der Waals surface area contributed by atoms with Crippen LogP contribution in [0.4, 0.5) is 0 Å². The van der Waals surface area contributed by atoms with Gasteiger partial charge in [-0.15, -0.1) is 0 Å². The van der Waals surface area contributed by atoms with Crippen LogP contribution in [-0.4, -0.2) is 20.4 Å². The van der Waals surface area contributed by atoms with Crippen LogP contribution in [0.5, 0.6) is 5.75 Å². The molecule has 0 spiro atoms. The van der Waals surface area contributed by atoms with Gasteiger partial charge in [-0.1, -0.05) is 45.7 Å². The van der Waals surface area contributed by atoms with Crippen molar-refractivity contribution in [2.45, 2.75) is 27.4 Å². The van der Waals surface area contributed by atoms with E-state index in [0.717, 1.165) is 38.4 Å². The minimum absolute atomic E-state index is 0.207. The van der Waals surface area contributed by atoms with E-state index in [-0.39, 0.29) is 5.56 Å². The summed E-state index contributed by atoms with van der Waals surface area (Å²) < 4.78 is 10.2. The van der Waals surface area contributed by atoms with Crippen molar-refractivity contribution in [3.63, 3.8) is 0 Å². The maximum atomic E-state index is 13.1. The molecular weight excluding hydrogens is 552 g/mol. The largest absolute Gasteiger partial charge is 0.489 e. The molecule has 0 unspecified atom stereocenters. The van der Waals surface area contributed by atoms with Crippen molar-refractivity contribution in [1.82, 2.24) is 14.2 Å². The second-order valence-electron chi connectivity index (χ2n) is 8.72. The molecule has 0 aliphatic carbocycles. The second-order valence-corrected chi connectivity index (χ2v) is 10.0. The number of hydrogen-bond acceptors (Lipinski definition) is 4. The summed E-state index contributed by atoms with van der Waals surface area (Å²) in [5.74, 6) is 1.29. The average molecular weight is 576 g/mol. The summed E-state index contributed by atoms with van der Waals surface area (Å²) in [6.45, 7) is 6.25. The topological polar surface area (TPSA) is 61.4 Å². The molecule has 8 heteroatoms. The number of rotatable bonds is 6. The third kappa shape index (κ3) is 5.10. The fraction of sp³-hybridized carbons (Fsp3) is 0.138. The number of fused-ring (bicyclic) bond motifs is 1. The molecule has 2 heterocycles. The highest BCUT2D eigenvalue weighted by molar-refractivity contribution is 9.10. The summed E-state index contributed by atoms with van der Waals surface area (Å²) in [6, 6.07) is 23.1. The molecule has 2 aromatic heterocycles. The van der Waals surface area contributed by atoms with Gasteiger partial charge in [-0.05, 0) is 75.4 Å². The second kappa shape index (κ2) is 10.4. The molecule has 6 nitrogen and oxygen atoms in total. The zero-order valence-corrected chi connectivity index (χ0v) is 22.9. The van der Waals surface area contributed by atoms with Crippen LogP contribution >= 0.6 is 27.5 Å². The molecule has 0 fully saturated rings. The first kappa shape index (κ1) is 25.0. The van der Waals surface area contributed by atoms with Crippen LogP contribution < -0.4 is 10.3 Å². The fourth-order valence-electron chi connectivity index (χ4n) is 4.30. The van der Waals surface area contributed by atoms with Gasteiger partial charge in [0, 0.05) is 37.7 Å². The van der Waals surface area contributed by atoms with E-state index in [1.807, 2.05) is 80.6 Å². The van der Waals surface area contributed by atoms with Gasteiger partial charge in [0.1, 0.15) is 18.2 Å². The van der Waals surface area contributed by atoms with Crippen molar-refractivity contribution in [2.24, 2.45) is 5.10 Å². The smallest absolute Gasteiger partial charge is 0.282 e. The summed E-state index contributed by atoms with van der Waals surface area (Å²) in [5.41, 5.74) is 5.36. The maximum Gasteiger partial charge on any atom is 0.282 e. The van der Waals surface area contributed by atoms with E-state index in [1.54, 1.807) is 19.2 Å². The van der Waals surface area contributed by atoms with Crippen LogP contribution in [-0.2, 0) is 6.61 Å². The highest BCUT2D eigenvalue weighted by Gasteiger charge is 2.12. The third-order valence-electron chi connectivity index (χ3n) is 6.20. The molecule has 0 atom stereocenters. The summed E-state index contributed by atoms with van der Waals surface area (Å²) in [5, 5.41) is 5.70. The van der Waals surface area contributed by atoms with Crippen LogP contribution in [0.3, 0.4) is 0 Å². The van der Waals surface area contributed by atoms with Crippen molar-refractivity contribution in [3.05, 3.63) is 121 Å². The van der Waals surface area contributed by atoms with Crippen LogP contribution in [0.1, 0.15) is 28.3 Å². The molecule has 0 N–H and O–H groups in total. The molecule has 186 valence electrons. The molecule has 5 rings (SSSR count). The SMILES string of the molecule is Cc1cc(C=Nn2c(C)nc3ccc(Br)cc3c2=O)c(C)n1-c1ccc(OCc2ccccc2Cl)cc1. The molecule has 5 aromatic rings. The van der Waals surface area contributed by atoms with Crippen LogP contribution in [0, 0.1) is 20.8 Å². The molecule has 0 saturated carbocycles. The monoisotopic (exact) mass is 574 g/mol. The van der Waals surface area contributed by atoms with Gasteiger partial charge >= 0.3 is 0 Å². The molecule has 0 amide bonds. The Hall–Kier alpha value is -3.68. The van der Waals surface area contributed by atoms with E-state index >= 15 is 0 Å². The fourth-order valence-corrected chi connectivity index (χ4v) is 4.85. The number of halogens is 2. The van der Waals surface area contributed by atoms with Gasteiger partial charge in [0.25, 0.3) is 5.56 Å². The van der Waals surface area contributed by atoms with Crippen LogP contribution in [0.2, 0.25) is 5.02 Å². The first-order valence-corrected chi connectivity index (χ1v) is 12.9. The van der Waals surface area contributed by atoms with Gasteiger partial charge in [0.2, 0.25) is 0 Å². The van der Waals surface area contributed by atoms with Gasteiger partial charge < -0.3 is 9.30 Å². The predicted octanol–water partition coefficient (Wildman–Crippen LogP) is 6.99.